The molecule has 0 amide bonds. The second kappa shape index (κ2) is 22.5. The number of allylic oxidation sites excluding steroid dienone is 2. The number of phosphoric acid groups is 1. The number of ether oxygens (including phenoxy) is 1. The number of nitrogens with two attached hydrogens (primary N) is 1. The Bertz CT molecular complexity index is 487. The van der Waals surface area contributed by atoms with Gasteiger partial charge in [-0.3, -0.25) is 13.8 Å². The zero-order valence-corrected chi connectivity index (χ0v) is 20.5. The average Bonchev–Trinajstić information content (AvgIpc) is 2.74. The van der Waals surface area contributed by atoms with Crippen LogP contribution in [0.2, 0.25) is 0 Å². The Balaban J connectivity index is 3.36. The lowest BCUT2D eigenvalue weighted by Crippen LogP contribution is -2.10. The van der Waals surface area contributed by atoms with Crippen LogP contribution in [0.1, 0.15) is 103 Å². The Morgan fingerprint density at radius 2 is 1.35 bits per heavy atom. The van der Waals surface area contributed by atoms with Crippen molar-refractivity contribution in [3.8, 4) is 0 Å². The second-order valence-electron chi connectivity index (χ2n) is 7.83. The minimum absolute atomic E-state index is 0.0148. The number of carbonyl (C=O) groups is 1. The SMILES string of the molecule is CCCCCCCC/C=C\CCCCCCCC(=O)OCCCOP(=O)(O)OCCN. The molecule has 3 N–H and O–H groups in total. The molecule has 0 saturated heterocycles. The van der Waals surface area contributed by atoms with Crippen molar-refractivity contribution < 1.29 is 28.0 Å². The molecule has 0 spiro atoms. The summed E-state index contributed by atoms with van der Waals surface area (Å²) >= 11 is 0. The highest BCUT2D eigenvalue weighted by Gasteiger charge is 2.19. The zero-order chi connectivity index (χ0) is 23.0. The molecule has 7 nitrogen and oxygen atoms in total. The van der Waals surface area contributed by atoms with Crippen molar-refractivity contribution in [1.29, 1.82) is 0 Å². The maximum Gasteiger partial charge on any atom is 0.472 e. The minimum Gasteiger partial charge on any atom is -0.466 e. The molecule has 0 aliphatic rings. The Labute approximate surface area is 189 Å². The Kier molecular flexibility index (Phi) is 22.0. The highest BCUT2D eigenvalue weighted by molar-refractivity contribution is 7.47. The predicted octanol–water partition coefficient (Wildman–Crippen LogP) is 6.05. The first kappa shape index (κ1) is 30.3. The molecular weight excluding hydrogens is 417 g/mol. The Hall–Kier alpha value is -0.720. The molecular formula is C23H46NO6P. The van der Waals surface area contributed by atoms with Gasteiger partial charge in [0.15, 0.2) is 0 Å². The number of esters is 1. The lowest BCUT2D eigenvalue weighted by atomic mass is 10.1. The number of carbonyl (C=O) groups excluding carboxylic acids is 1. The molecule has 0 fully saturated rings. The summed E-state index contributed by atoms with van der Waals surface area (Å²) in [7, 11) is -4.04. The van der Waals surface area contributed by atoms with Crippen LogP contribution < -0.4 is 5.73 Å². The van der Waals surface area contributed by atoms with E-state index in [2.05, 4.69) is 23.6 Å². The largest absolute Gasteiger partial charge is 0.472 e. The van der Waals surface area contributed by atoms with Crippen LogP contribution in [0.25, 0.3) is 0 Å². The van der Waals surface area contributed by atoms with Gasteiger partial charge in [-0.25, -0.2) is 4.57 Å². The fraction of sp³-hybridized carbons (Fsp3) is 0.870. The van der Waals surface area contributed by atoms with E-state index < -0.39 is 7.82 Å². The van der Waals surface area contributed by atoms with Gasteiger partial charge in [0.2, 0.25) is 0 Å². The number of hydrogen-bond donors (Lipinski definition) is 2. The van der Waals surface area contributed by atoms with Crippen molar-refractivity contribution in [3.63, 3.8) is 0 Å². The molecule has 0 radical (unpaired) electrons. The average molecular weight is 464 g/mol. The molecule has 0 aromatic heterocycles. The van der Waals surface area contributed by atoms with Gasteiger partial charge in [-0.15, -0.1) is 0 Å². The molecule has 0 heterocycles. The van der Waals surface area contributed by atoms with Crippen molar-refractivity contribution in [1.82, 2.24) is 0 Å². The van der Waals surface area contributed by atoms with Gasteiger partial charge < -0.3 is 15.4 Å². The molecule has 8 heteroatoms. The highest BCUT2D eigenvalue weighted by Crippen LogP contribution is 2.42. The van der Waals surface area contributed by atoms with Gasteiger partial charge in [-0.2, -0.15) is 0 Å². The number of unbranched alkanes of at least 4 members (excludes halogenated alkanes) is 11. The molecule has 31 heavy (non-hydrogen) atoms. The predicted molar refractivity (Wildman–Crippen MR) is 126 cm³/mol. The van der Waals surface area contributed by atoms with Crippen LogP contribution in [0, 0.1) is 0 Å². The van der Waals surface area contributed by atoms with E-state index in [-0.39, 0.29) is 32.3 Å². The molecule has 0 aromatic carbocycles. The van der Waals surface area contributed by atoms with Crippen LogP contribution in [-0.4, -0.2) is 37.2 Å². The standard InChI is InChI=1S/C23H46NO6P/c1-2-3-4-5-6-7-8-9-10-11-12-13-14-15-16-18-23(25)28-20-17-21-29-31(26,27)30-22-19-24/h9-10H,2-8,11-22,24H2,1H3,(H,26,27)/b10-9-. The van der Waals surface area contributed by atoms with Crippen molar-refractivity contribution in [2.75, 3.05) is 26.4 Å². The van der Waals surface area contributed by atoms with Gasteiger partial charge in [-0.05, 0) is 32.1 Å². The smallest absolute Gasteiger partial charge is 0.466 e. The van der Waals surface area contributed by atoms with Crippen LogP contribution >= 0.6 is 7.82 Å². The van der Waals surface area contributed by atoms with E-state index in [0.717, 1.165) is 25.7 Å². The summed E-state index contributed by atoms with van der Waals surface area (Å²) < 4.78 is 25.8. The molecule has 1 unspecified atom stereocenters. The van der Waals surface area contributed by atoms with Gasteiger partial charge in [0.05, 0.1) is 19.8 Å². The third kappa shape index (κ3) is 23.8. The summed E-state index contributed by atoms with van der Waals surface area (Å²) in [6.07, 6.45) is 21.3. The maximum atomic E-state index is 11.7. The van der Waals surface area contributed by atoms with Gasteiger partial charge in [0.25, 0.3) is 0 Å². The Morgan fingerprint density at radius 1 is 0.806 bits per heavy atom. The van der Waals surface area contributed by atoms with Crippen LogP contribution in [0.3, 0.4) is 0 Å². The summed E-state index contributed by atoms with van der Waals surface area (Å²) in [6, 6.07) is 0. The first-order chi connectivity index (χ1) is 15.0. The van der Waals surface area contributed by atoms with Crippen LogP contribution in [0.15, 0.2) is 12.2 Å². The van der Waals surface area contributed by atoms with E-state index >= 15 is 0 Å². The van der Waals surface area contributed by atoms with Gasteiger partial charge in [0, 0.05) is 19.4 Å². The van der Waals surface area contributed by atoms with Crippen LogP contribution in [0.5, 0.6) is 0 Å². The van der Waals surface area contributed by atoms with Gasteiger partial charge in [-0.1, -0.05) is 70.4 Å². The van der Waals surface area contributed by atoms with Crippen molar-refractivity contribution >= 4 is 13.8 Å². The van der Waals surface area contributed by atoms with Gasteiger partial charge in [0.1, 0.15) is 0 Å². The fourth-order valence-corrected chi connectivity index (χ4v) is 3.81. The quantitative estimate of drug-likeness (QED) is 0.0822. The number of phosphoric ester groups is 1. The Morgan fingerprint density at radius 3 is 1.97 bits per heavy atom. The summed E-state index contributed by atoms with van der Waals surface area (Å²) in [4.78, 5) is 21.0. The van der Waals surface area contributed by atoms with E-state index in [1.54, 1.807) is 0 Å². The monoisotopic (exact) mass is 463 g/mol. The highest BCUT2D eigenvalue weighted by atomic mass is 31.2. The lowest BCUT2D eigenvalue weighted by molar-refractivity contribution is -0.144. The van der Waals surface area contributed by atoms with E-state index in [9.17, 15) is 14.3 Å². The van der Waals surface area contributed by atoms with Crippen LogP contribution in [-0.2, 0) is 23.1 Å². The summed E-state index contributed by atoms with van der Waals surface area (Å²) in [5, 5.41) is 0. The number of hydrogen-bond acceptors (Lipinski definition) is 6. The van der Waals surface area contributed by atoms with Gasteiger partial charge >= 0.3 is 13.8 Å². The van der Waals surface area contributed by atoms with Crippen LogP contribution in [0.4, 0.5) is 0 Å². The van der Waals surface area contributed by atoms with Crippen molar-refractivity contribution in [2.24, 2.45) is 5.73 Å². The normalized spacial score (nSPS) is 13.5. The van der Waals surface area contributed by atoms with E-state index in [1.165, 1.54) is 57.8 Å². The second-order valence-corrected chi connectivity index (χ2v) is 9.29. The third-order valence-corrected chi connectivity index (χ3v) is 5.84. The van der Waals surface area contributed by atoms with E-state index in [1.807, 2.05) is 0 Å². The summed E-state index contributed by atoms with van der Waals surface area (Å²) in [6.45, 7) is 2.50. The lowest BCUT2D eigenvalue weighted by Gasteiger charge is -2.11. The first-order valence-corrected chi connectivity index (χ1v) is 13.6. The third-order valence-electron chi connectivity index (χ3n) is 4.82. The molecule has 0 aliphatic heterocycles. The zero-order valence-electron chi connectivity index (χ0n) is 19.6. The first-order valence-electron chi connectivity index (χ1n) is 12.1. The minimum atomic E-state index is -4.04. The molecule has 184 valence electrons. The molecule has 0 saturated carbocycles. The number of rotatable bonds is 23. The van der Waals surface area contributed by atoms with E-state index in [4.69, 9.17) is 15.0 Å². The molecule has 0 rings (SSSR count). The van der Waals surface area contributed by atoms with Crippen molar-refractivity contribution in [2.45, 2.75) is 103 Å². The molecule has 1 atom stereocenters. The summed E-state index contributed by atoms with van der Waals surface area (Å²) in [5.74, 6) is -0.232. The summed E-state index contributed by atoms with van der Waals surface area (Å²) in [5.41, 5.74) is 5.19. The fourth-order valence-electron chi connectivity index (χ4n) is 3.04. The molecule has 0 bridgehead atoms. The molecule has 0 aliphatic carbocycles. The van der Waals surface area contributed by atoms with Crippen molar-refractivity contribution in [3.05, 3.63) is 12.2 Å². The molecule has 0 aromatic rings. The topological polar surface area (TPSA) is 108 Å². The maximum absolute atomic E-state index is 11.7. The van der Waals surface area contributed by atoms with E-state index in [0.29, 0.717) is 12.8 Å².